The number of rotatable bonds is 5. The molecule has 0 saturated heterocycles. The van der Waals surface area contributed by atoms with Crippen LogP contribution in [0.1, 0.15) is 46.8 Å². The second kappa shape index (κ2) is 5.42. The molecule has 0 atom stereocenters. The molecule has 0 bridgehead atoms. The second-order valence-corrected chi connectivity index (χ2v) is 7.79. The van der Waals surface area contributed by atoms with E-state index in [2.05, 4.69) is 56.1 Å². The first-order chi connectivity index (χ1) is 11.0. The monoisotopic (exact) mass is 330 g/mol. The Kier molecular flexibility index (Phi) is 3.50. The van der Waals surface area contributed by atoms with E-state index in [0.717, 1.165) is 35.4 Å². The van der Waals surface area contributed by atoms with E-state index in [1.54, 1.807) is 11.3 Å². The van der Waals surface area contributed by atoms with Crippen molar-refractivity contribution < 1.29 is 0 Å². The number of aromatic nitrogens is 5. The van der Waals surface area contributed by atoms with Crippen molar-refractivity contribution in [2.24, 2.45) is 0 Å². The lowest BCUT2D eigenvalue weighted by Crippen LogP contribution is -2.21. The normalized spacial score (nSPS) is 15.2. The smallest absolute Gasteiger partial charge is 0.194 e. The van der Waals surface area contributed by atoms with Crippen LogP contribution in [0.15, 0.2) is 6.20 Å². The molecular formula is C16H22N6S. The first-order valence-corrected chi connectivity index (χ1v) is 8.87. The molecule has 3 aromatic heterocycles. The molecule has 1 aliphatic rings. The van der Waals surface area contributed by atoms with Crippen LogP contribution >= 0.6 is 11.3 Å². The molecule has 3 heterocycles. The summed E-state index contributed by atoms with van der Waals surface area (Å²) in [4.78, 5) is 9.35. The number of hydrogen-bond donors (Lipinski definition) is 0. The molecule has 23 heavy (non-hydrogen) atoms. The maximum Gasteiger partial charge on any atom is 0.194 e. The fraction of sp³-hybridized carbons (Fsp3) is 0.562. The van der Waals surface area contributed by atoms with Crippen LogP contribution in [0.5, 0.6) is 0 Å². The van der Waals surface area contributed by atoms with E-state index in [-0.39, 0.29) is 0 Å². The number of nitrogens with zero attached hydrogens (tertiary/aromatic N) is 6. The SMILES string of the molecule is Cc1cn2c(CN(C)Cc3nnc(C)n3C3CC3)c(C)nc2s1. The largest absolute Gasteiger partial charge is 0.311 e. The Morgan fingerprint density at radius 3 is 2.74 bits per heavy atom. The molecule has 0 aromatic carbocycles. The molecule has 122 valence electrons. The molecule has 1 aliphatic carbocycles. The van der Waals surface area contributed by atoms with Gasteiger partial charge in [-0.3, -0.25) is 9.30 Å². The summed E-state index contributed by atoms with van der Waals surface area (Å²) in [6.45, 7) is 7.94. The van der Waals surface area contributed by atoms with Crippen molar-refractivity contribution in [1.29, 1.82) is 0 Å². The van der Waals surface area contributed by atoms with E-state index in [4.69, 9.17) is 0 Å². The van der Waals surface area contributed by atoms with Crippen LogP contribution in [0.2, 0.25) is 0 Å². The number of aryl methyl sites for hydroxylation is 3. The Hall–Kier alpha value is -1.73. The highest BCUT2D eigenvalue weighted by Gasteiger charge is 2.28. The van der Waals surface area contributed by atoms with Crippen molar-refractivity contribution in [3.63, 3.8) is 0 Å². The Balaban J connectivity index is 1.55. The Morgan fingerprint density at radius 1 is 1.22 bits per heavy atom. The quantitative estimate of drug-likeness (QED) is 0.722. The van der Waals surface area contributed by atoms with Gasteiger partial charge in [-0.2, -0.15) is 0 Å². The van der Waals surface area contributed by atoms with Gasteiger partial charge in [0.15, 0.2) is 4.96 Å². The van der Waals surface area contributed by atoms with Crippen LogP contribution in [0, 0.1) is 20.8 Å². The van der Waals surface area contributed by atoms with E-state index in [9.17, 15) is 0 Å². The summed E-state index contributed by atoms with van der Waals surface area (Å²) in [7, 11) is 2.14. The zero-order chi connectivity index (χ0) is 16.1. The van der Waals surface area contributed by atoms with Gasteiger partial charge in [0, 0.05) is 23.7 Å². The Labute approximate surface area is 139 Å². The third-order valence-corrected chi connectivity index (χ3v) is 5.32. The second-order valence-electron chi connectivity index (χ2n) is 6.58. The van der Waals surface area contributed by atoms with Crippen molar-refractivity contribution >= 4 is 16.3 Å². The minimum absolute atomic E-state index is 0.622. The van der Waals surface area contributed by atoms with Gasteiger partial charge in [-0.05, 0) is 40.7 Å². The molecule has 0 aliphatic heterocycles. The van der Waals surface area contributed by atoms with E-state index in [0.29, 0.717) is 6.04 Å². The Bertz CT molecular complexity index is 854. The summed E-state index contributed by atoms with van der Waals surface area (Å²) in [6, 6.07) is 0.622. The van der Waals surface area contributed by atoms with Crippen LogP contribution in [0.25, 0.3) is 4.96 Å². The average molecular weight is 330 g/mol. The molecule has 4 rings (SSSR count). The molecule has 3 aromatic rings. The molecule has 7 heteroatoms. The standard InChI is InChI=1S/C16H22N6S/c1-10-7-21-14(11(2)17-16(21)23-10)8-20(4)9-15-19-18-12(3)22(15)13-5-6-13/h7,13H,5-6,8-9H2,1-4H3. The topological polar surface area (TPSA) is 51.2 Å². The van der Waals surface area contributed by atoms with Crippen LogP contribution in [0.4, 0.5) is 0 Å². The van der Waals surface area contributed by atoms with E-state index < -0.39 is 0 Å². The average Bonchev–Trinajstić information content (AvgIpc) is 3.09. The Morgan fingerprint density at radius 2 is 2.00 bits per heavy atom. The van der Waals surface area contributed by atoms with Crippen molar-refractivity contribution in [3.8, 4) is 0 Å². The molecule has 0 radical (unpaired) electrons. The molecule has 0 amide bonds. The minimum Gasteiger partial charge on any atom is -0.311 e. The van der Waals surface area contributed by atoms with Gasteiger partial charge >= 0.3 is 0 Å². The maximum atomic E-state index is 4.68. The zero-order valence-electron chi connectivity index (χ0n) is 14.1. The molecule has 6 nitrogen and oxygen atoms in total. The van der Waals surface area contributed by atoms with Gasteiger partial charge in [0.2, 0.25) is 0 Å². The summed E-state index contributed by atoms with van der Waals surface area (Å²) in [5.41, 5.74) is 2.38. The summed E-state index contributed by atoms with van der Waals surface area (Å²) >= 11 is 1.74. The van der Waals surface area contributed by atoms with E-state index in [1.165, 1.54) is 23.4 Å². The summed E-state index contributed by atoms with van der Waals surface area (Å²) in [5.74, 6) is 2.11. The van der Waals surface area contributed by atoms with Gasteiger partial charge in [-0.15, -0.1) is 21.5 Å². The highest BCUT2D eigenvalue weighted by molar-refractivity contribution is 7.17. The van der Waals surface area contributed by atoms with Gasteiger partial charge in [0.1, 0.15) is 11.6 Å². The fourth-order valence-corrected chi connectivity index (χ4v) is 4.07. The minimum atomic E-state index is 0.622. The fourth-order valence-electron chi connectivity index (χ4n) is 3.18. The van der Waals surface area contributed by atoms with E-state index >= 15 is 0 Å². The number of thiazole rings is 1. The highest BCUT2D eigenvalue weighted by Crippen LogP contribution is 2.36. The highest BCUT2D eigenvalue weighted by atomic mass is 32.1. The van der Waals surface area contributed by atoms with Crippen molar-refractivity contribution in [2.45, 2.75) is 52.7 Å². The number of fused-ring (bicyclic) bond motifs is 1. The van der Waals surface area contributed by atoms with Crippen molar-refractivity contribution in [2.75, 3.05) is 7.05 Å². The molecule has 0 unspecified atom stereocenters. The maximum absolute atomic E-state index is 4.68. The molecular weight excluding hydrogens is 308 g/mol. The summed E-state index contributed by atoms with van der Waals surface area (Å²) in [6.07, 6.45) is 4.69. The van der Waals surface area contributed by atoms with Gasteiger partial charge in [0.05, 0.1) is 17.9 Å². The van der Waals surface area contributed by atoms with Gasteiger partial charge in [-0.1, -0.05) is 0 Å². The number of hydrogen-bond acceptors (Lipinski definition) is 5. The molecule has 0 N–H and O–H groups in total. The lowest BCUT2D eigenvalue weighted by Gasteiger charge is -2.17. The molecule has 1 saturated carbocycles. The first kappa shape index (κ1) is 14.8. The third-order valence-electron chi connectivity index (χ3n) is 4.42. The van der Waals surface area contributed by atoms with Gasteiger partial charge in [-0.25, -0.2) is 4.98 Å². The molecule has 1 fully saturated rings. The zero-order valence-corrected chi connectivity index (χ0v) is 14.9. The van der Waals surface area contributed by atoms with E-state index in [1.807, 2.05) is 6.92 Å². The summed E-state index contributed by atoms with van der Waals surface area (Å²) in [5, 5.41) is 8.66. The van der Waals surface area contributed by atoms with Crippen LogP contribution in [0.3, 0.4) is 0 Å². The first-order valence-electron chi connectivity index (χ1n) is 8.06. The van der Waals surface area contributed by atoms with Crippen LogP contribution in [-0.4, -0.2) is 36.1 Å². The predicted molar refractivity (Wildman–Crippen MR) is 90.7 cm³/mol. The lowest BCUT2D eigenvalue weighted by molar-refractivity contribution is 0.299. The predicted octanol–water partition coefficient (Wildman–Crippen LogP) is 2.88. The number of imidazole rings is 1. The molecule has 0 spiro atoms. The van der Waals surface area contributed by atoms with Crippen LogP contribution in [-0.2, 0) is 13.1 Å². The van der Waals surface area contributed by atoms with Crippen molar-refractivity contribution in [3.05, 3.63) is 34.1 Å². The van der Waals surface area contributed by atoms with Crippen LogP contribution < -0.4 is 0 Å². The lowest BCUT2D eigenvalue weighted by atomic mass is 10.3. The van der Waals surface area contributed by atoms with Gasteiger partial charge in [0.25, 0.3) is 0 Å². The third kappa shape index (κ3) is 2.68. The van der Waals surface area contributed by atoms with Crippen molar-refractivity contribution in [1.82, 2.24) is 29.0 Å². The van der Waals surface area contributed by atoms with Gasteiger partial charge < -0.3 is 4.57 Å². The summed E-state index contributed by atoms with van der Waals surface area (Å²) < 4.78 is 4.53.